The molecule has 0 aromatic heterocycles. The van der Waals surface area contributed by atoms with Crippen molar-refractivity contribution in [3.63, 3.8) is 0 Å². The number of amides is 1. The van der Waals surface area contributed by atoms with Crippen LogP contribution in [0, 0.1) is 12.8 Å². The van der Waals surface area contributed by atoms with E-state index in [1.54, 1.807) is 6.21 Å². The zero-order valence-corrected chi connectivity index (χ0v) is 15.3. The smallest absolute Gasteiger partial charge is 0.244 e. The Morgan fingerprint density at radius 3 is 2.04 bits per heavy atom. The first-order valence-electron chi connectivity index (χ1n) is 9.21. The molecule has 0 saturated heterocycles. The summed E-state index contributed by atoms with van der Waals surface area (Å²) in [5.41, 5.74) is 7.00. The van der Waals surface area contributed by atoms with Crippen LogP contribution in [0.4, 0.5) is 0 Å². The summed E-state index contributed by atoms with van der Waals surface area (Å²) in [4.78, 5) is 12.8. The number of carbonyl (C=O) groups is 1. The minimum absolute atomic E-state index is 0.0360. The van der Waals surface area contributed by atoms with E-state index in [1.807, 2.05) is 67.6 Å². The van der Waals surface area contributed by atoms with Crippen molar-refractivity contribution in [3.8, 4) is 0 Å². The lowest BCUT2D eigenvalue weighted by atomic mass is 9.85. The number of hydrazone groups is 1. The van der Waals surface area contributed by atoms with Gasteiger partial charge in [0.1, 0.15) is 0 Å². The van der Waals surface area contributed by atoms with Crippen molar-refractivity contribution in [2.45, 2.75) is 18.8 Å². The van der Waals surface area contributed by atoms with Crippen LogP contribution in [0.2, 0.25) is 0 Å². The van der Waals surface area contributed by atoms with Crippen LogP contribution < -0.4 is 5.43 Å². The molecule has 1 saturated carbocycles. The summed E-state index contributed by atoms with van der Waals surface area (Å²) in [5, 5.41) is 4.16. The molecule has 3 aromatic carbocycles. The highest BCUT2D eigenvalue weighted by Crippen LogP contribution is 2.58. The van der Waals surface area contributed by atoms with Crippen molar-refractivity contribution in [3.05, 3.63) is 107 Å². The Morgan fingerprint density at radius 1 is 0.926 bits per heavy atom. The van der Waals surface area contributed by atoms with E-state index in [-0.39, 0.29) is 17.2 Å². The number of nitrogens with zero attached hydrogens (tertiary/aromatic N) is 1. The maximum absolute atomic E-state index is 12.8. The van der Waals surface area contributed by atoms with Gasteiger partial charge in [-0.1, -0.05) is 90.5 Å². The van der Waals surface area contributed by atoms with E-state index in [2.05, 4.69) is 34.8 Å². The van der Waals surface area contributed by atoms with Crippen LogP contribution in [-0.4, -0.2) is 12.1 Å². The van der Waals surface area contributed by atoms with Crippen LogP contribution in [-0.2, 0) is 10.2 Å². The zero-order chi connectivity index (χ0) is 18.7. The quantitative estimate of drug-likeness (QED) is 0.534. The number of carbonyl (C=O) groups excluding carboxylic acids is 1. The predicted octanol–water partition coefficient (Wildman–Crippen LogP) is 4.45. The summed E-state index contributed by atoms with van der Waals surface area (Å²) in [5.74, 6) is -0.150. The molecular formula is C24H22N2O. The first kappa shape index (κ1) is 17.2. The standard InChI is InChI=1S/C24H22N2O/c1-18-12-14-19(15-13-18)17-25-26-23(27)22-16-24(22,20-8-4-2-5-9-20)21-10-6-3-7-11-21/h2-15,17,22H,16H2,1H3,(H,26,27). The highest BCUT2D eigenvalue weighted by atomic mass is 16.2. The Labute approximate surface area is 159 Å². The first-order chi connectivity index (χ1) is 13.2. The fraction of sp³-hybridized carbons (Fsp3) is 0.167. The molecule has 0 radical (unpaired) electrons. The molecule has 0 heterocycles. The van der Waals surface area contributed by atoms with Gasteiger partial charge in [-0.05, 0) is 30.0 Å². The maximum atomic E-state index is 12.8. The Bertz CT molecular complexity index is 907. The molecule has 134 valence electrons. The highest BCUT2D eigenvalue weighted by molar-refractivity contribution is 5.87. The van der Waals surface area contributed by atoms with Crippen molar-refractivity contribution >= 4 is 12.1 Å². The van der Waals surface area contributed by atoms with Gasteiger partial charge in [0.15, 0.2) is 0 Å². The summed E-state index contributed by atoms with van der Waals surface area (Å²) >= 11 is 0. The molecule has 1 aliphatic rings. The molecule has 1 amide bonds. The van der Waals surface area contributed by atoms with E-state index in [4.69, 9.17) is 0 Å². The van der Waals surface area contributed by atoms with Crippen LogP contribution >= 0.6 is 0 Å². The molecule has 1 atom stereocenters. The molecule has 0 bridgehead atoms. The van der Waals surface area contributed by atoms with Crippen LogP contribution in [0.1, 0.15) is 28.7 Å². The summed E-state index contributed by atoms with van der Waals surface area (Å²) in [6.45, 7) is 2.04. The molecule has 27 heavy (non-hydrogen) atoms. The van der Waals surface area contributed by atoms with Gasteiger partial charge in [0.2, 0.25) is 5.91 Å². The normalized spacial score (nSPS) is 17.6. The third-order valence-electron chi connectivity index (χ3n) is 5.32. The fourth-order valence-electron chi connectivity index (χ4n) is 3.76. The predicted molar refractivity (Wildman–Crippen MR) is 109 cm³/mol. The third kappa shape index (κ3) is 3.41. The van der Waals surface area contributed by atoms with Gasteiger partial charge < -0.3 is 0 Å². The summed E-state index contributed by atoms with van der Waals surface area (Å²) in [6.07, 6.45) is 2.49. The van der Waals surface area contributed by atoms with Gasteiger partial charge in [-0.2, -0.15) is 5.10 Å². The number of rotatable bonds is 5. The molecule has 3 heteroatoms. The summed E-state index contributed by atoms with van der Waals surface area (Å²) in [7, 11) is 0. The van der Waals surface area contributed by atoms with Crippen molar-refractivity contribution in [1.82, 2.24) is 5.43 Å². The number of benzene rings is 3. The molecule has 1 N–H and O–H groups in total. The second kappa shape index (κ2) is 7.20. The number of aryl methyl sites for hydroxylation is 1. The van der Waals surface area contributed by atoms with E-state index < -0.39 is 0 Å². The van der Waals surface area contributed by atoms with Crippen LogP contribution in [0.15, 0.2) is 90.0 Å². The lowest BCUT2D eigenvalue weighted by Gasteiger charge is -2.18. The largest absolute Gasteiger partial charge is 0.273 e. The van der Waals surface area contributed by atoms with E-state index in [0.29, 0.717) is 0 Å². The van der Waals surface area contributed by atoms with Crippen molar-refractivity contribution in [2.24, 2.45) is 11.0 Å². The topological polar surface area (TPSA) is 41.5 Å². The van der Waals surface area contributed by atoms with E-state index >= 15 is 0 Å². The van der Waals surface area contributed by atoms with Crippen LogP contribution in [0.3, 0.4) is 0 Å². The fourth-order valence-corrected chi connectivity index (χ4v) is 3.76. The molecule has 1 aliphatic carbocycles. The number of hydrogen-bond acceptors (Lipinski definition) is 2. The second-order valence-corrected chi connectivity index (χ2v) is 7.11. The maximum Gasteiger partial charge on any atom is 0.244 e. The lowest BCUT2D eigenvalue weighted by molar-refractivity contribution is -0.122. The van der Waals surface area contributed by atoms with Gasteiger partial charge >= 0.3 is 0 Å². The van der Waals surface area contributed by atoms with E-state index in [0.717, 1.165) is 12.0 Å². The molecule has 1 fully saturated rings. The number of nitrogens with one attached hydrogen (secondary N) is 1. The molecular weight excluding hydrogens is 332 g/mol. The average Bonchev–Trinajstić information content (AvgIpc) is 3.48. The summed E-state index contributed by atoms with van der Waals surface area (Å²) < 4.78 is 0. The average molecular weight is 354 g/mol. The molecule has 0 spiro atoms. The Hall–Kier alpha value is -3.20. The third-order valence-corrected chi connectivity index (χ3v) is 5.32. The molecule has 4 rings (SSSR count). The first-order valence-corrected chi connectivity index (χ1v) is 9.21. The van der Waals surface area contributed by atoms with Crippen molar-refractivity contribution < 1.29 is 4.79 Å². The second-order valence-electron chi connectivity index (χ2n) is 7.11. The summed E-state index contributed by atoms with van der Waals surface area (Å²) in [6, 6.07) is 28.6. The SMILES string of the molecule is Cc1ccc(C=NNC(=O)C2CC2(c2ccccc2)c2ccccc2)cc1. The van der Waals surface area contributed by atoms with Gasteiger partial charge in [-0.25, -0.2) is 5.43 Å². The monoisotopic (exact) mass is 354 g/mol. The minimum Gasteiger partial charge on any atom is -0.273 e. The minimum atomic E-state index is -0.258. The van der Waals surface area contributed by atoms with Gasteiger partial charge in [0.05, 0.1) is 12.1 Å². The molecule has 3 aromatic rings. The zero-order valence-electron chi connectivity index (χ0n) is 15.3. The molecule has 0 aliphatic heterocycles. The van der Waals surface area contributed by atoms with E-state index in [9.17, 15) is 4.79 Å². The van der Waals surface area contributed by atoms with Gasteiger partial charge in [0.25, 0.3) is 0 Å². The Kier molecular flexibility index (Phi) is 4.59. The van der Waals surface area contributed by atoms with Crippen LogP contribution in [0.25, 0.3) is 0 Å². The highest BCUT2D eigenvalue weighted by Gasteiger charge is 2.60. The van der Waals surface area contributed by atoms with Gasteiger partial charge in [0, 0.05) is 5.41 Å². The van der Waals surface area contributed by atoms with Gasteiger partial charge in [-0.15, -0.1) is 0 Å². The van der Waals surface area contributed by atoms with Crippen LogP contribution in [0.5, 0.6) is 0 Å². The lowest BCUT2D eigenvalue weighted by Crippen LogP contribution is -2.25. The van der Waals surface area contributed by atoms with Crippen molar-refractivity contribution in [2.75, 3.05) is 0 Å². The Balaban J connectivity index is 1.53. The number of hydrogen-bond donors (Lipinski definition) is 1. The molecule has 3 nitrogen and oxygen atoms in total. The van der Waals surface area contributed by atoms with E-state index in [1.165, 1.54) is 16.7 Å². The van der Waals surface area contributed by atoms with Crippen molar-refractivity contribution in [1.29, 1.82) is 0 Å². The van der Waals surface area contributed by atoms with Gasteiger partial charge in [-0.3, -0.25) is 4.79 Å². The Morgan fingerprint density at radius 2 is 1.48 bits per heavy atom. The molecule has 1 unspecified atom stereocenters.